The van der Waals surface area contributed by atoms with Crippen molar-refractivity contribution >= 4 is 5.91 Å². The van der Waals surface area contributed by atoms with E-state index in [0.717, 1.165) is 25.8 Å². The molecule has 2 N–H and O–H groups in total. The van der Waals surface area contributed by atoms with Gasteiger partial charge in [0.05, 0.1) is 17.7 Å². The molecule has 1 atom stereocenters. The second-order valence-electron chi connectivity index (χ2n) is 4.63. The van der Waals surface area contributed by atoms with Gasteiger partial charge in [-0.3, -0.25) is 9.78 Å². The third-order valence-corrected chi connectivity index (χ3v) is 3.49. The van der Waals surface area contributed by atoms with Crippen LogP contribution in [0.25, 0.3) is 0 Å². The number of likely N-dealkylation sites (tertiary alicyclic amines) is 1. The highest BCUT2D eigenvalue weighted by Crippen LogP contribution is 2.23. The fourth-order valence-electron chi connectivity index (χ4n) is 2.51. The van der Waals surface area contributed by atoms with E-state index in [1.54, 1.807) is 18.5 Å². The van der Waals surface area contributed by atoms with Crippen molar-refractivity contribution in [3.05, 3.63) is 29.6 Å². The maximum atomic E-state index is 12.6. The smallest absolute Gasteiger partial charge is 0.255 e. The monoisotopic (exact) mass is 257 g/mol. The summed E-state index contributed by atoms with van der Waals surface area (Å²) in [4.78, 5) is 18.6. The van der Waals surface area contributed by atoms with E-state index in [4.69, 9.17) is 5.73 Å². The molecule has 4 heteroatoms. The van der Waals surface area contributed by atoms with Crippen molar-refractivity contribution < 1.29 is 4.79 Å². The van der Waals surface area contributed by atoms with Gasteiger partial charge in [-0.05, 0) is 25.3 Å². The Bertz CT molecular complexity index is 516. The zero-order valence-electron chi connectivity index (χ0n) is 11.2. The van der Waals surface area contributed by atoms with Crippen molar-refractivity contribution in [1.82, 2.24) is 9.88 Å². The molecule has 2 heterocycles. The number of nitrogens with zero attached hydrogens (tertiary/aromatic N) is 2. The normalized spacial score (nSPS) is 18.0. The number of carbonyl (C=O) groups excluding carboxylic acids is 1. The van der Waals surface area contributed by atoms with Crippen LogP contribution < -0.4 is 5.73 Å². The number of rotatable bonds is 2. The fourth-order valence-corrected chi connectivity index (χ4v) is 2.51. The lowest BCUT2D eigenvalue weighted by atomic mass is 10.1. The van der Waals surface area contributed by atoms with Crippen LogP contribution in [0.4, 0.5) is 0 Å². The molecule has 2 rings (SSSR count). The van der Waals surface area contributed by atoms with Crippen LogP contribution in [0, 0.1) is 11.8 Å². The van der Waals surface area contributed by atoms with Gasteiger partial charge in [0.1, 0.15) is 0 Å². The van der Waals surface area contributed by atoms with Crippen molar-refractivity contribution in [2.24, 2.45) is 5.73 Å². The Morgan fingerprint density at radius 2 is 2.47 bits per heavy atom. The Labute approximate surface area is 114 Å². The van der Waals surface area contributed by atoms with Crippen LogP contribution in [0.15, 0.2) is 18.5 Å². The molecule has 1 aromatic heterocycles. The van der Waals surface area contributed by atoms with Crippen molar-refractivity contribution in [3.63, 3.8) is 0 Å². The van der Waals surface area contributed by atoms with E-state index in [-0.39, 0.29) is 12.5 Å². The van der Waals surface area contributed by atoms with Gasteiger partial charge in [-0.1, -0.05) is 18.8 Å². The summed E-state index contributed by atoms with van der Waals surface area (Å²) >= 11 is 0. The quantitative estimate of drug-likeness (QED) is 0.815. The molecule has 4 nitrogen and oxygen atoms in total. The molecule has 1 aliphatic rings. The Balaban J connectivity index is 2.28. The van der Waals surface area contributed by atoms with E-state index >= 15 is 0 Å². The van der Waals surface area contributed by atoms with Gasteiger partial charge in [-0.15, -0.1) is 0 Å². The minimum Gasteiger partial charge on any atom is -0.336 e. The topological polar surface area (TPSA) is 59.2 Å². The van der Waals surface area contributed by atoms with Gasteiger partial charge in [0, 0.05) is 25.0 Å². The predicted molar refractivity (Wildman–Crippen MR) is 74.5 cm³/mol. The molecule has 0 aromatic carbocycles. The van der Waals surface area contributed by atoms with Crippen LogP contribution in [-0.2, 0) is 0 Å². The van der Waals surface area contributed by atoms with Gasteiger partial charge >= 0.3 is 0 Å². The Morgan fingerprint density at radius 1 is 1.63 bits per heavy atom. The summed E-state index contributed by atoms with van der Waals surface area (Å²) in [7, 11) is 0. The Kier molecular flexibility index (Phi) is 4.53. The third-order valence-electron chi connectivity index (χ3n) is 3.49. The summed E-state index contributed by atoms with van der Waals surface area (Å²) in [6, 6.07) is 2.10. The zero-order chi connectivity index (χ0) is 13.7. The summed E-state index contributed by atoms with van der Waals surface area (Å²) < 4.78 is 0. The number of carbonyl (C=O) groups is 1. The van der Waals surface area contributed by atoms with E-state index in [0.29, 0.717) is 17.2 Å². The molecule has 0 aliphatic carbocycles. The molecular weight excluding hydrogens is 238 g/mol. The van der Waals surface area contributed by atoms with Crippen LogP contribution in [0.3, 0.4) is 0 Å². The first kappa shape index (κ1) is 13.6. The minimum absolute atomic E-state index is 0.0630. The molecule has 1 unspecified atom stereocenters. The number of hydrogen-bond donors (Lipinski definition) is 1. The van der Waals surface area contributed by atoms with Crippen LogP contribution in [0.1, 0.15) is 42.1 Å². The zero-order valence-corrected chi connectivity index (χ0v) is 11.2. The first-order valence-corrected chi connectivity index (χ1v) is 6.71. The van der Waals surface area contributed by atoms with Crippen molar-refractivity contribution in [3.8, 4) is 11.8 Å². The molecule has 0 bridgehead atoms. The fraction of sp³-hybridized carbons (Fsp3) is 0.467. The molecule has 1 fully saturated rings. The van der Waals surface area contributed by atoms with E-state index in [1.807, 2.05) is 4.90 Å². The second-order valence-corrected chi connectivity index (χ2v) is 4.63. The van der Waals surface area contributed by atoms with E-state index in [9.17, 15) is 4.79 Å². The highest BCUT2D eigenvalue weighted by atomic mass is 16.2. The molecular formula is C15H19N3O. The van der Waals surface area contributed by atoms with Crippen LogP contribution in [-0.4, -0.2) is 34.9 Å². The van der Waals surface area contributed by atoms with Crippen LogP contribution in [0.5, 0.6) is 0 Å². The van der Waals surface area contributed by atoms with Gasteiger partial charge in [0.2, 0.25) is 0 Å². The van der Waals surface area contributed by atoms with Crippen LogP contribution >= 0.6 is 0 Å². The number of pyridine rings is 1. The minimum atomic E-state index is 0.0630. The molecule has 1 aliphatic heterocycles. The second kappa shape index (κ2) is 6.35. The van der Waals surface area contributed by atoms with E-state index in [2.05, 4.69) is 23.7 Å². The van der Waals surface area contributed by atoms with Crippen molar-refractivity contribution in [2.75, 3.05) is 13.1 Å². The lowest BCUT2D eigenvalue weighted by molar-refractivity contribution is 0.0733. The summed E-state index contributed by atoms with van der Waals surface area (Å²) in [6.07, 6.45) is 6.45. The van der Waals surface area contributed by atoms with Crippen LogP contribution in [0.2, 0.25) is 0 Å². The SMILES string of the molecule is CCC1CCCN1C(=O)c1ccncc1C#CCN. The molecule has 1 aromatic rings. The highest BCUT2D eigenvalue weighted by Gasteiger charge is 2.28. The Morgan fingerprint density at radius 3 is 3.21 bits per heavy atom. The average Bonchev–Trinajstić information content (AvgIpc) is 2.93. The number of amides is 1. The predicted octanol–water partition coefficient (Wildman–Crippen LogP) is 1.41. The number of aromatic nitrogens is 1. The van der Waals surface area contributed by atoms with E-state index in [1.165, 1.54) is 0 Å². The summed E-state index contributed by atoms with van der Waals surface area (Å²) in [5, 5.41) is 0. The highest BCUT2D eigenvalue weighted by molar-refractivity contribution is 5.97. The molecule has 0 radical (unpaired) electrons. The molecule has 0 saturated carbocycles. The van der Waals surface area contributed by atoms with Gasteiger partial charge < -0.3 is 10.6 Å². The Hall–Kier alpha value is -1.86. The maximum absolute atomic E-state index is 12.6. The molecule has 1 amide bonds. The largest absolute Gasteiger partial charge is 0.336 e. The van der Waals surface area contributed by atoms with E-state index < -0.39 is 0 Å². The average molecular weight is 257 g/mol. The lowest BCUT2D eigenvalue weighted by Crippen LogP contribution is -2.35. The first-order chi connectivity index (χ1) is 9.27. The summed E-state index contributed by atoms with van der Waals surface area (Å²) in [5.74, 6) is 5.77. The first-order valence-electron chi connectivity index (χ1n) is 6.71. The third kappa shape index (κ3) is 2.94. The standard InChI is InChI=1S/C15H19N3O/c1-2-13-6-4-10-18(13)15(19)14-7-9-17-11-12(14)5-3-8-16/h7,9,11,13H,2,4,6,8,10,16H2,1H3. The summed E-state index contributed by atoms with van der Waals surface area (Å²) in [5.41, 5.74) is 6.68. The van der Waals surface area contributed by atoms with Gasteiger partial charge in [-0.25, -0.2) is 0 Å². The molecule has 19 heavy (non-hydrogen) atoms. The summed E-state index contributed by atoms with van der Waals surface area (Å²) in [6.45, 7) is 3.24. The van der Waals surface area contributed by atoms with Crippen molar-refractivity contribution in [2.45, 2.75) is 32.2 Å². The molecule has 1 saturated heterocycles. The van der Waals surface area contributed by atoms with Crippen molar-refractivity contribution in [1.29, 1.82) is 0 Å². The number of hydrogen-bond acceptors (Lipinski definition) is 3. The van der Waals surface area contributed by atoms with Gasteiger partial charge in [0.15, 0.2) is 0 Å². The molecule has 0 spiro atoms. The molecule has 100 valence electrons. The van der Waals surface area contributed by atoms with Gasteiger partial charge in [0.25, 0.3) is 5.91 Å². The number of nitrogens with two attached hydrogens (primary N) is 1. The maximum Gasteiger partial charge on any atom is 0.255 e. The van der Waals surface area contributed by atoms with Gasteiger partial charge in [-0.2, -0.15) is 0 Å². The lowest BCUT2D eigenvalue weighted by Gasteiger charge is -2.24.